The third-order valence-corrected chi connectivity index (χ3v) is 5.35. The van der Waals surface area contributed by atoms with E-state index in [2.05, 4.69) is 19.8 Å². The number of Topliss-reactive ketones (excluding diaryl/α,β-unsaturated/α-hetero) is 1. The van der Waals surface area contributed by atoms with Gasteiger partial charge in [-0.25, -0.2) is 18.4 Å². The number of benzene rings is 1. The van der Waals surface area contributed by atoms with Crippen molar-refractivity contribution < 1.29 is 13.2 Å². The van der Waals surface area contributed by atoms with E-state index < -0.39 is 10.0 Å². The average Bonchev–Trinajstić information content (AvgIpc) is 2.96. The number of fused-ring (bicyclic) bond motifs is 1. The van der Waals surface area contributed by atoms with Gasteiger partial charge >= 0.3 is 0 Å². The largest absolute Gasteiger partial charge is 0.293 e. The average molecular weight is 391 g/mol. The summed E-state index contributed by atoms with van der Waals surface area (Å²) in [5.74, 6) is -0.0726. The molecule has 8 nitrogen and oxygen atoms in total. The van der Waals surface area contributed by atoms with Crippen LogP contribution in [0.25, 0.3) is 11.0 Å². The molecule has 0 spiro atoms. The fourth-order valence-electron chi connectivity index (χ4n) is 2.41. The third kappa shape index (κ3) is 4.02. The van der Waals surface area contributed by atoms with Crippen molar-refractivity contribution in [3.63, 3.8) is 0 Å². The van der Waals surface area contributed by atoms with Crippen LogP contribution in [-0.2, 0) is 17.1 Å². The van der Waals surface area contributed by atoms with E-state index in [-0.39, 0.29) is 11.0 Å². The molecule has 1 aromatic carbocycles. The van der Waals surface area contributed by atoms with Crippen molar-refractivity contribution >= 4 is 44.3 Å². The van der Waals surface area contributed by atoms with Crippen LogP contribution in [0.5, 0.6) is 0 Å². The van der Waals surface area contributed by atoms with Gasteiger partial charge in [-0.3, -0.25) is 14.2 Å². The van der Waals surface area contributed by atoms with E-state index in [4.69, 9.17) is 0 Å². The smallest absolute Gasteiger partial charge is 0.229 e. The molecule has 0 fully saturated rings. The maximum atomic E-state index is 12.7. The van der Waals surface area contributed by atoms with Crippen molar-refractivity contribution in [3.05, 3.63) is 42.4 Å². The molecule has 1 unspecified atom stereocenters. The molecular formula is C16H17N5O3S2. The summed E-state index contributed by atoms with van der Waals surface area (Å²) in [6.45, 7) is 1.81. The van der Waals surface area contributed by atoms with Gasteiger partial charge in [0.2, 0.25) is 10.0 Å². The molecule has 10 heteroatoms. The number of nitrogens with zero attached hydrogens (tertiary/aromatic N) is 4. The molecule has 3 aromatic rings. The topological polar surface area (TPSA) is 107 Å². The van der Waals surface area contributed by atoms with Gasteiger partial charge in [-0.15, -0.1) is 0 Å². The molecule has 1 N–H and O–H groups in total. The molecule has 2 heterocycles. The van der Waals surface area contributed by atoms with Crippen molar-refractivity contribution in [1.29, 1.82) is 0 Å². The first-order valence-corrected chi connectivity index (χ1v) is 10.4. The monoisotopic (exact) mass is 391 g/mol. The summed E-state index contributed by atoms with van der Waals surface area (Å²) < 4.78 is 26.5. The Morgan fingerprint density at radius 1 is 1.23 bits per heavy atom. The number of sulfonamides is 1. The molecule has 0 radical (unpaired) electrons. The Hall–Kier alpha value is -2.46. The highest BCUT2D eigenvalue weighted by Gasteiger charge is 2.19. The van der Waals surface area contributed by atoms with Gasteiger partial charge < -0.3 is 0 Å². The van der Waals surface area contributed by atoms with Crippen molar-refractivity contribution in [3.8, 4) is 0 Å². The van der Waals surface area contributed by atoms with Crippen molar-refractivity contribution in [1.82, 2.24) is 19.7 Å². The molecule has 0 aliphatic carbocycles. The lowest BCUT2D eigenvalue weighted by molar-refractivity contribution is 0.0994. The minimum atomic E-state index is -3.35. The van der Waals surface area contributed by atoms with Gasteiger partial charge in [-0.1, -0.05) is 11.8 Å². The van der Waals surface area contributed by atoms with Crippen LogP contribution in [0.1, 0.15) is 17.3 Å². The summed E-state index contributed by atoms with van der Waals surface area (Å²) in [5.41, 5.74) is 1.62. The van der Waals surface area contributed by atoms with Gasteiger partial charge in [0.05, 0.1) is 23.1 Å². The zero-order chi connectivity index (χ0) is 18.9. The first-order chi connectivity index (χ1) is 12.2. The highest BCUT2D eigenvalue weighted by atomic mass is 32.2. The normalized spacial score (nSPS) is 12.9. The molecule has 0 aliphatic rings. The molecule has 0 aliphatic heterocycles. The molecule has 136 valence electrons. The minimum absolute atomic E-state index is 0.0726. The van der Waals surface area contributed by atoms with Gasteiger partial charge in [0.15, 0.2) is 11.4 Å². The predicted octanol–water partition coefficient (Wildman–Crippen LogP) is 2.10. The number of aromatic nitrogens is 4. The Bertz CT molecular complexity index is 1060. The standard InChI is InChI=1S/C16H17N5O3S2/c1-10(25-16-13-8-19-21(2)15(13)17-9-18-16)14(22)11-4-6-12(7-5-11)20-26(3,23)24/h4-10,20H,1-3H3. The molecule has 3 rings (SSSR count). The van der Waals surface area contributed by atoms with Crippen LogP contribution >= 0.6 is 11.8 Å². The van der Waals surface area contributed by atoms with Gasteiger partial charge in [0.25, 0.3) is 0 Å². The van der Waals surface area contributed by atoms with Crippen molar-refractivity contribution in [2.24, 2.45) is 7.05 Å². The van der Waals surface area contributed by atoms with Gasteiger partial charge in [-0.2, -0.15) is 5.10 Å². The quantitative estimate of drug-likeness (QED) is 0.389. The number of hydrogen-bond acceptors (Lipinski definition) is 7. The van der Waals surface area contributed by atoms with E-state index in [0.29, 0.717) is 21.9 Å². The second-order valence-corrected chi connectivity index (χ2v) is 8.84. The van der Waals surface area contributed by atoms with E-state index in [9.17, 15) is 13.2 Å². The van der Waals surface area contributed by atoms with Crippen LogP contribution < -0.4 is 4.72 Å². The Labute approximate surface area is 155 Å². The fourth-order valence-corrected chi connectivity index (χ4v) is 3.93. The van der Waals surface area contributed by atoms with E-state index in [1.54, 1.807) is 49.1 Å². The zero-order valence-corrected chi connectivity index (χ0v) is 16.0. The molecule has 26 heavy (non-hydrogen) atoms. The number of thioether (sulfide) groups is 1. The minimum Gasteiger partial charge on any atom is -0.293 e. The number of nitrogens with one attached hydrogen (secondary N) is 1. The van der Waals surface area contributed by atoms with Crippen LogP contribution in [0.15, 0.2) is 41.8 Å². The van der Waals surface area contributed by atoms with Crippen molar-refractivity contribution in [2.45, 2.75) is 17.2 Å². The second-order valence-electron chi connectivity index (χ2n) is 5.76. The van der Waals surface area contributed by atoms with Gasteiger partial charge in [0.1, 0.15) is 11.4 Å². The van der Waals surface area contributed by atoms with Gasteiger partial charge in [0, 0.05) is 18.3 Å². The maximum Gasteiger partial charge on any atom is 0.229 e. The summed E-state index contributed by atoms with van der Waals surface area (Å²) in [6.07, 6.45) is 4.21. The van der Waals surface area contributed by atoms with Crippen LogP contribution in [0.4, 0.5) is 5.69 Å². The Morgan fingerprint density at radius 2 is 1.92 bits per heavy atom. The lowest BCUT2D eigenvalue weighted by Crippen LogP contribution is -2.14. The van der Waals surface area contributed by atoms with Crippen molar-refractivity contribution in [2.75, 3.05) is 11.0 Å². The first-order valence-electron chi connectivity index (χ1n) is 7.66. The van der Waals surface area contributed by atoms with E-state index >= 15 is 0 Å². The molecule has 0 saturated heterocycles. The number of carbonyl (C=O) groups excluding carboxylic acids is 1. The van der Waals surface area contributed by atoms with Crippen LogP contribution in [0, 0.1) is 0 Å². The Kier molecular flexibility index (Phi) is 4.97. The Balaban J connectivity index is 1.77. The number of rotatable bonds is 6. The lowest BCUT2D eigenvalue weighted by atomic mass is 10.1. The zero-order valence-electron chi connectivity index (χ0n) is 14.4. The molecular weight excluding hydrogens is 374 g/mol. The highest BCUT2D eigenvalue weighted by molar-refractivity contribution is 8.00. The van der Waals surface area contributed by atoms with Gasteiger partial charge in [-0.05, 0) is 31.2 Å². The molecule has 1 atom stereocenters. The summed E-state index contributed by atoms with van der Waals surface area (Å²) in [7, 11) is -1.55. The summed E-state index contributed by atoms with van der Waals surface area (Å²) in [6, 6.07) is 6.34. The summed E-state index contributed by atoms with van der Waals surface area (Å²) >= 11 is 1.34. The maximum absolute atomic E-state index is 12.7. The molecule has 0 saturated carbocycles. The number of anilines is 1. The summed E-state index contributed by atoms with van der Waals surface area (Å²) in [5, 5.41) is 5.28. The number of hydrogen-bond donors (Lipinski definition) is 1. The molecule has 0 bridgehead atoms. The van der Waals surface area contributed by atoms with Crippen LogP contribution in [0.3, 0.4) is 0 Å². The fraction of sp³-hybridized carbons (Fsp3) is 0.250. The second kappa shape index (κ2) is 7.04. The predicted molar refractivity (Wildman–Crippen MR) is 101 cm³/mol. The highest BCUT2D eigenvalue weighted by Crippen LogP contribution is 2.29. The van der Waals surface area contributed by atoms with E-state index in [0.717, 1.165) is 11.6 Å². The molecule has 2 aromatic heterocycles. The lowest BCUT2D eigenvalue weighted by Gasteiger charge is -2.11. The SMILES string of the molecule is CC(Sc1ncnc2c1cnn2C)C(=O)c1ccc(NS(C)(=O)=O)cc1. The molecule has 0 amide bonds. The van der Waals surface area contributed by atoms with Crippen LogP contribution in [-0.4, -0.2) is 45.5 Å². The summed E-state index contributed by atoms with van der Waals surface area (Å²) in [4.78, 5) is 21.1. The third-order valence-electron chi connectivity index (χ3n) is 3.62. The number of aryl methyl sites for hydroxylation is 1. The van der Waals surface area contributed by atoms with E-state index in [1.165, 1.54) is 18.1 Å². The number of carbonyl (C=O) groups is 1. The Morgan fingerprint density at radius 3 is 2.58 bits per heavy atom. The van der Waals surface area contributed by atoms with Crippen LogP contribution in [0.2, 0.25) is 0 Å². The first kappa shape index (κ1) is 18.3. The number of ketones is 1. The van der Waals surface area contributed by atoms with E-state index in [1.807, 2.05) is 0 Å².